The van der Waals surface area contributed by atoms with Crippen LogP contribution in [0, 0.1) is 5.82 Å². The number of carbonyl (C=O) groups is 1. The molecule has 2 N–H and O–H groups in total. The minimum atomic E-state index is -0.303. The van der Waals surface area contributed by atoms with Crippen molar-refractivity contribution in [3.05, 3.63) is 131 Å². The van der Waals surface area contributed by atoms with Gasteiger partial charge in [-0.25, -0.2) is 9.37 Å². The average Bonchev–Trinajstić information content (AvgIpc) is 3.32. The first kappa shape index (κ1) is 21.5. The highest BCUT2D eigenvalue weighted by molar-refractivity contribution is 5.98. The van der Waals surface area contributed by atoms with Crippen LogP contribution in [-0.4, -0.2) is 15.9 Å². The van der Waals surface area contributed by atoms with Crippen molar-refractivity contribution in [3.63, 3.8) is 0 Å². The van der Waals surface area contributed by atoms with E-state index >= 15 is 0 Å². The number of allylic oxidation sites excluding steroid dienone is 1. The van der Waals surface area contributed by atoms with Crippen molar-refractivity contribution in [2.75, 3.05) is 5.32 Å². The maximum Gasteiger partial charge on any atom is 0.255 e. The zero-order valence-corrected chi connectivity index (χ0v) is 18.5. The summed E-state index contributed by atoms with van der Waals surface area (Å²) >= 11 is 0. The molecule has 1 amide bonds. The van der Waals surface area contributed by atoms with E-state index in [-0.39, 0.29) is 11.7 Å². The summed E-state index contributed by atoms with van der Waals surface area (Å²) in [5.41, 5.74) is 6.98. The molecule has 168 valence electrons. The molecular weight excluding hydrogens is 427 g/mol. The van der Waals surface area contributed by atoms with Crippen molar-refractivity contribution >= 4 is 17.3 Å². The molecule has 5 rings (SSSR count). The van der Waals surface area contributed by atoms with E-state index in [4.69, 9.17) is 0 Å². The van der Waals surface area contributed by atoms with E-state index in [1.165, 1.54) is 23.3 Å². The Hall–Kier alpha value is -4.32. The Bertz CT molecular complexity index is 1360. The SMILES string of the molecule is O=C(NCc1ccc(F)cc1)c1cccnc1NCc1cccc(C2=CCc3ncccc32)c1. The van der Waals surface area contributed by atoms with Crippen LogP contribution in [-0.2, 0) is 19.5 Å². The van der Waals surface area contributed by atoms with E-state index in [0.29, 0.717) is 24.5 Å². The first-order valence-corrected chi connectivity index (χ1v) is 11.1. The zero-order valence-electron chi connectivity index (χ0n) is 18.5. The number of pyridine rings is 2. The van der Waals surface area contributed by atoms with E-state index in [2.05, 4.69) is 44.9 Å². The number of amides is 1. The fourth-order valence-electron chi connectivity index (χ4n) is 4.07. The number of halogens is 1. The second kappa shape index (κ2) is 9.67. The van der Waals surface area contributed by atoms with Gasteiger partial charge in [-0.3, -0.25) is 9.78 Å². The van der Waals surface area contributed by atoms with Crippen LogP contribution in [0.25, 0.3) is 5.57 Å². The maximum atomic E-state index is 13.1. The van der Waals surface area contributed by atoms with Crippen LogP contribution in [0.5, 0.6) is 0 Å². The Morgan fingerprint density at radius 3 is 2.59 bits per heavy atom. The average molecular weight is 451 g/mol. The van der Waals surface area contributed by atoms with Gasteiger partial charge in [0.15, 0.2) is 0 Å². The first-order chi connectivity index (χ1) is 16.7. The lowest BCUT2D eigenvalue weighted by atomic mass is 9.99. The Morgan fingerprint density at radius 1 is 0.882 bits per heavy atom. The summed E-state index contributed by atoms with van der Waals surface area (Å²) in [4.78, 5) is 21.6. The number of fused-ring (bicyclic) bond motifs is 1. The Morgan fingerprint density at radius 2 is 1.71 bits per heavy atom. The van der Waals surface area contributed by atoms with Crippen LogP contribution < -0.4 is 10.6 Å². The summed E-state index contributed by atoms with van der Waals surface area (Å²) in [5.74, 6) is -0.0315. The highest BCUT2D eigenvalue weighted by Crippen LogP contribution is 2.31. The third-order valence-corrected chi connectivity index (χ3v) is 5.80. The summed E-state index contributed by atoms with van der Waals surface area (Å²) in [5, 5.41) is 6.17. The molecule has 1 aliphatic rings. The third kappa shape index (κ3) is 4.71. The molecule has 0 saturated heterocycles. The Labute approximate surface area is 197 Å². The summed E-state index contributed by atoms with van der Waals surface area (Å²) in [6.45, 7) is 0.831. The maximum absolute atomic E-state index is 13.1. The Balaban J connectivity index is 1.27. The van der Waals surface area contributed by atoms with Gasteiger partial charge in [-0.2, -0.15) is 0 Å². The highest BCUT2D eigenvalue weighted by atomic mass is 19.1. The number of aromatic nitrogens is 2. The quantitative estimate of drug-likeness (QED) is 0.409. The van der Waals surface area contributed by atoms with Gasteiger partial charge in [0, 0.05) is 37.5 Å². The molecule has 5 nitrogen and oxygen atoms in total. The van der Waals surface area contributed by atoms with E-state index in [1.807, 2.05) is 24.4 Å². The predicted molar refractivity (Wildman–Crippen MR) is 131 cm³/mol. The van der Waals surface area contributed by atoms with Crippen molar-refractivity contribution in [3.8, 4) is 0 Å². The van der Waals surface area contributed by atoms with Gasteiger partial charge in [-0.15, -0.1) is 0 Å². The number of rotatable bonds is 7. The number of anilines is 1. The predicted octanol–water partition coefficient (Wildman–Crippen LogP) is 5.15. The summed E-state index contributed by atoms with van der Waals surface area (Å²) in [7, 11) is 0. The van der Waals surface area contributed by atoms with E-state index in [1.54, 1.807) is 30.5 Å². The van der Waals surface area contributed by atoms with Gasteiger partial charge in [0.1, 0.15) is 11.6 Å². The van der Waals surface area contributed by atoms with Crippen molar-refractivity contribution in [2.24, 2.45) is 0 Å². The van der Waals surface area contributed by atoms with Crippen LogP contribution in [0.15, 0.2) is 91.3 Å². The smallest absolute Gasteiger partial charge is 0.255 e. The number of carbonyl (C=O) groups excluding carboxylic acids is 1. The Kier molecular flexibility index (Phi) is 6.12. The van der Waals surface area contributed by atoms with Gasteiger partial charge in [0.25, 0.3) is 5.91 Å². The minimum absolute atomic E-state index is 0.242. The van der Waals surface area contributed by atoms with Crippen molar-refractivity contribution in [1.29, 1.82) is 0 Å². The normalized spacial score (nSPS) is 12.1. The first-order valence-electron chi connectivity index (χ1n) is 11.1. The van der Waals surface area contributed by atoms with Gasteiger partial charge in [0.05, 0.1) is 11.3 Å². The van der Waals surface area contributed by atoms with Crippen LogP contribution in [0.1, 0.15) is 38.3 Å². The van der Waals surface area contributed by atoms with Gasteiger partial charge >= 0.3 is 0 Å². The number of hydrogen-bond donors (Lipinski definition) is 2. The molecule has 34 heavy (non-hydrogen) atoms. The molecule has 2 heterocycles. The van der Waals surface area contributed by atoms with Crippen molar-refractivity contribution in [2.45, 2.75) is 19.5 Å². The molecule has 1 aliphatic carbocycles. The van der Waals surface area contributed by atoms with Crippen LogP contribution in [0.3, 0.4) is 0 Å². The second-order valence-electron chi connectivity index (χ2n) is 8.08. The fourth-order valence-corrected chi connectivity index (χ4v) is 4.07. The van der Waals surface area contributed by atoms with E-state index in [0.717, 1.165) is 28.8 Å². The number of hydrogen-bond acceptors (Lipinski definition) is 4. The molecule has 2 aromatic carbocycles. The zero-order chi connectivity index (χ0) is 23.3. The largest absolute Gasteiger partial charge is 0.365 e. The van der Waals surface area contributed by atoms with Gasteiger partial charge in [-0.05, 0) is 58.7 Å². The summed E-state index contributed by atoms with van der Waals surface area (Å²) in [6.07, 6.45) is 6.55. The lowest BCUT2D eigenvalue weighted by Crippen LogP contribution is -2.24. The molecule has 0 spiro atoms. The molecule has 0 saturated carbocycles. The summed E-state index contributed by atoms with van der Waals surface area (Å²) in [6, 6.07) is 21.9. The fraction of sp³-hybridized carbons (Fsp3) is 0.107. The molecule has 6 heteroatoms. The van der Waals surface area contributed by atoms with E-state index in [9.17, 15) is 9.18 Å². The van der Waals surface area contributed by atoms with Gasteiger partial charge in [-0.1, -0.05) is 42.5 Å². The lowest BCUT2D eigenvalue weighted by molar-refractivity contribution is 0.0951. The lowest BCUT2D eigenvalue weighted by Gasteiger charge is -2.12. The number of benzene rings is 2. The molecule has 0 radical (unpaired) electrons. The topological polar surface area (TPSA) is 66.9 Å². The molecule has 2 aromatic heterocycles. The molecule has 0 fully saturated rings. The summed E-state index contributed by atoms with van der Waals surface area (Å²) < 4.78 is 13.1. The minimum Gasteiger partial charge on any atom is -0.365 e. The number of nitrogens with zero attached hydrogens (tertiary/aromatic N) is 2. The van der Waals surface area contributed by atoms with Crippen molar-refractivity contribution in [1.82, 2.24) is 15.3 Å². The standard InChI is InChI=1S/C28H23FN4O/c29-22-10-8-19(9-11-22)17-33-28(34)25-7-3-15-31-27(25)32-18-20-4-1-5-21(16-20)23-12-13-26-24(23)6-2-14-30-26/h1-12,14-16H,13,17-18H2,(H,31,32)(H,33,34). The number of nitrogens with one attached hydrogen (secondary N) is 2. The second-order valence-corrected chi connectivity index (χ2v) is 8.08. The molecule has 0 bridgehead atoms. The van der Waals surface area contributed by atoms with Crippen LogP contribution in [0.4, 0.5) is 10.2 Å². The van der Waals surface area contributed by atoms with Crippen molar-refractivity contribution < 1.29 is 9.18 Å². The van der Waals surface area contributed by atoms with Gasteiger partial charge < -0.3 is 10.6 Å². The molecule has 0 unspecified atom stereocenters. The van der Waals surface area contributed by atoms with Crippen LogP contribution >= 0.6 is 0 Å². The molecule has 0 atom stereocenters. The third-order valence-electron chi connectivity index (χ3n) is 5.80. The molecular formula is C28H23FN4O. The van der Waals surface area contributed by atoms with Gasteiger partial charge in [0.2, 0.25) is 0 Å². The highest BCUT2D eigenvalue weighted by Gasteiger charge is 2.16. The van der Waals surface area contributed by atoms with Crippen LogP contribution in [0.2, 0.25) is 0 Å². The molecule has 4 aromatic rings. The monoisotopic (exact) mass is 450 g/mol. The molecule has 0 aliphatic heterocycles. The van der Waals surface area contributed by atoms with E-state index < -0.39 is 0 Å².